The molecule has 0 saturated heterocycles. The molecule has 26 heavy (non-hydrogen) atoms. The number of nitrogens with zero attached hydrogens (tertiary/aromatic N) is 2. The van der Waals surface area contributed by atoms with Crippen LogP contribution in [-0.2, 0) is 22.4 Å². The monoisotopic (exact) mass is 372 g/mol. The number of thiophene rings is 1. The molecule has 0 aliphatic heterocycles. The van der Waals surface area contributed by atoms with Crippen LogP contribution in [0.15, 0.2) is 41.5 Å². The first kappa shape index (κ1) is 18.3. The molecule has 3 aromatic rings. The molecule has 1 aromatic carbocycles. The quantitative estimate of drug-likeness (QED) is 0.471. The fraction of sp³-hybridized carbons (Fsp3) is 0.316. The van der Waals surface area contributed by atoms with Gasteiger partial charge in [-0.2, -0.15) is 0 Å². The van der Waals surface area contributed by atoms with Gasteiger partial charge in [0.1, 0.15) is 16.3 Å². The Balaban J connectivity index is 1.85. The molecule has 0 spiro atoms. The third-order valence-electron chi connectivity index (χ3n) is 4.11. The number of rotatable bonds is 7. The molecule has 0 unspecified atom stereocenters. The predicted molar refractivity (Wildman–Crippen MR) is 101 cm³/mol. The van der Waals surface area contributed by atoms with Crippen molar-refractivity contribution in [3.05, 3.63) is 63.0 Å². The lowest BCUT2D eigenvalue weighted by Crippen LogP contribution is -2.21. The van der Waals surface area contributed by atoms with Crippen molar-refractivity contribution in [1.82, 2.24) is 9.55 Å². The first-order valence-electron chi connectivity index (χ1n) is 8.30. The van der Waals surface area contributed by atoms with Crippen LogP contribution in [0.2, 0.25) is 0 Å². The maximum Gasteiger partial charge on any atom is 0.348 e. The summed E-state index contributed by atoms with van der Waals surface area (Å²) in [6.45, 7) is 2.81. The SMILES string of the molecule is COCCOC(=O)c1sc2ncn(CCc3ccccc3)c(=O)c2c1C. The second kappa shape index (κ2) is 8.25. The zero-order valence-electron chi connectivity index (χ0n) is 14.7. The second-order valence-electron chi connectivity index (χ2n) is 5.84. The molecule has 136 valence electrons. The van der Waals surface area contributed by atoms with E-state index in [0.29, 0.717) is 33.8 Å². The normalized spacial score (nSPS) is 11.0. The first-order chi connectivity index (χ1) is 12.6. The van der Waals surface area contributed by atoms with Gasteiger partial charge in [-0.05, 0) is 24.5 Å². The Labute approximate surface area is 155 Å². The van der Waals surface area contributed by atoms with Crippen molar-refractivity contribution >= 4 is 27.5 Å². The Bertz CT molecular complexity index is 963. The highest BCUT2D eigenvalue weighted by atomic mass is 32.1. The zero-order valence-corrected chi connectivity index (χ0v) is 15.5. The molecule has 2 heterocycles. The standard InChI is InChI=1S/C19H20N2O4S/c1-13-15-17(26-16(13)19(23)25-11-10-24-2)20-12-21(18(15)22)9-8-14-6-4-3-5-7-14/h3-7,12H,8-11H2,1-2H3. The maximum absolute atomic E-state index is 12.8. The summed E-state index contributed by atoms with van der Waals surface area (Å²) in [6, 6.07) is 9.97. The lowest BCUT2D eigenvalue weighted by molar-refractivity contribution is 0.0393. The van der Waals surface area contributed by atoms with Crippen molar-refractivity contribution < 1.29 is 14.3 Å². The molecule has 0 N–H and O–H groups in total. The highest BCUT2D eigenvalue weighted by Crippen LogP contribution is 2.27. The number of hydrogen-bond acceptors (Lipinski definition) is 6. The number of esters is 1. The van der Waals surface area contributed by atoms with Crippen LogP contribution in [0.25, 0.3) is 10.2 Å². The van der Waals surface area contributed by atoms with Crippen LogP contribution in [0.4, 0.5) is 0 Å². The summed E-state index contributed by atoms with van der Waals surface area (Å²) < 4.78 is 11.6. The average Bonchev–Trinajstić information content (AvgIpc) is 2.99. The van der Waals surface area contributed by atoms with E-state index in [4.69, 9.17) is 9.47 Å². The Morgan fingerprint density at radius 1 is 1.23 bits per heavy atom. The molecular formula is C19H20N2O4S. The molecule has 0 fully saturated rings. The van der Waals surface area contributed by atoms with E-state index in [2.05, 4.69) is 4.98 Å². The van der Waals surface area contributed by atoms with Crippen LogP contribution >= 0.6 is 11.3 Å². The molecule has 2 aromatic heterocycles. The molecule has 0 aliphatic carbocycles. The molecule has 3 rings (SSSR count). The summed E-state index contributed by atoms with van der Waals surface area (Å²) >= 11 is 1.19. The number of aromatic nitrogens is 2. The summed E-state index contributed by atoms with van der Waals surface area (Å²) in [5.41, 5.74) is 1.65. The third kappa shape index (κ3) is 3.84. The van der Waals surface area contributed by atoms with Gasteiger partial charge in [-0.3, -0.25) is 9.36 Å². The molecule has 0 aliphatic rings. The number of carbonyl (C=O) groups is 1. The Hall–Kier alpha value is -2.51. The summed E-state index contributed by atoms with van der Waals surface area (Å²) in [7, 11) is 1.54. The lowest BCUT2D eigenvalue weighted by atomic mass is 10.1. The number of hydrogen-bond donors (Lipinski definition) is 0. The number of aryl methyl sites for hydroxylation is 3. The van der Waals surface area contributed by atoms with Gasteiger partial charge in [0.15, 0.2) is 0 Å². The van der Waals surface area contributed by atoms with Gasteiger partial charge in [-0.15, -0.1) is 11.3 Å². The largest absolute Gasteiger partial charge is 0.459 e. The Morgan fingerprint density at radius 3 is 2.73 bits per heavy atom. The van der Waals surface area contributed by atoms with E-state index in [0.717, 1.165) is 12.0 Å². The molecule has 0 radical (unpaired) electrons. The van der Waals surface area contributed by atoms with Gasteiger partial charge in [0.2, 0.25) is 0 Å². The molecule has 0 saturated carbocycles. The van der Waals surface area contributed by atoms with E-state index in [-0.39, 0.29) is 12.2 Å². The van der Waals surface area contributed by atoms with Crippen molar-refractivity contribution in [2.75, 3.05) is 20.3 Å². The highest BCUT2D eigenvalue weighted by Gasteiger charge is 2.20. The van der Waals surface area contributed by atoms with E-state index in [1.807, 2.05) is 30.3 Å². The smallest absolute Gasteiger partial charge is 0.348 e. The van der Waals surface area contributed by atoms with Gasteiger partial charge in [-0.25, -0.2) is 9.78 Å². The summed E-state index contributed by atoms with van der Waals surface area (Å²) in [6.07, 6.45) is 2.28. The molecule has 0 amide bonds. The molecule has 0 bridgehead atoms. The number of methoxy groups -OCH3 is 1. The second-order valence-corrected chi connectivity index (χ2v) is 6.84. The van der Waals surface area contributed by atoms with Crippen molar-refractivity contribution in [2.45, 2.75) is 19.9 Å². The molecule has 7 heteroatoms. The van der Waals surface area contributed by atoms with Crippen LogP contribution in [0.1, 0.15) is 20.8 Å². The van der Waals surface area contributed by atoms with Crippen LogP contribution < -0.4 is 5.56 Å². The van der Waals surface area contributed by atoms with Crippen LogP contribution in [-0.4, -0.2) is 35.8 Å². The van der Waals surface area contributed by atoms with Gasteiger partial charge < -0.3 is 9.47 Å². The summed E-state index contributed by atoms with van der Waals surface area (Å²) in [5, 5.41) is 0.490. The van der Waals surface area contributed by atoms with Gasteiger partial charge in [-0.1, -0.05) is 30.3 Å². The number of benzene rings is 1. The Kier molecular flexibility index (Phi) is 5.80. The predicted octanol–water partition coefficient (Wildman–Crippen LogP) is 2.81. The van der Waals surface area contributed by atoms with E-state index in [1.165, 1.54) is 11.3 Å². The van der Waals surface area contributed by atoms with Gasteiger partial charge in [0.25, 0.3) is 5.56 Å². The van der Waals surface area contributed by atoms with Crippen molar-refractivity contribution in [3.63, 3.8) is 0 Å². The number of fused-ring (bicyclic) bond motifs is 1. The minimum atomic E-state index is -0.446. The first-order valence-corrected chi connectivity index (χ1v) is 9.12. The highest BCUT2D eigenvalue weighted by molar-refractivity contribution is 7.20. The molecule has 6 nitrogen and oxygen atoms in total. The summed E-state index contributed by atoms with van der Waals surface area (Å²) in [4.78, 5) is 30.4. The van der Waals surface area contributed by atoms with E-state index in [9.17, 15) is 9.59 Å². The molecule has 0 atom stereocenters. The van der Waals surface area contributed by atoms with E-state index in [1.54, 1.807) is 24.9 Å². The van der Waals surface area contributed by atoms with E-state index >= 15 is 0 Å². The minimum absolute atomic E-state index is 0.129. The van der Waals surface area contributed by atoms with Crippen LogP contribution in [0.5, 0.6) is 0 Å². The lowest BCUT2D eigenvalue weighted by Gasteiger charge is -2.05. The van der Waals surface area contributed by atoms with E-state index < -0.39 is 5.97 Å². The number of ether oxygens (including phenoxy) is 2. The van der Waals surface area contributed by atoms with Gasteiger partial charge >= 0.3 is 5.97 Å². The maximum atomic E-state index is 12.8. The van der Waals surface area contributed by atoms with Gasteiger partial charge in [0, 0.05) is 13.7 Å². The Morgan fingerprint density at radius 2 is 2.00 bits per heavy atom. The van der Waals surface area contributed by atoms with Gasteiger partial charge in [0.05, 0.1) is 18.3 Å². The van der Waals surface area contributed by atoms with Crippen molar-refractivity contribution in [3.8, 4) is 0 Å². The molecular weight excluding hydrogens is 352 g/mol. The fourth-order valence-corrected chi connectivity index (χ4v) is 3.72. The average molecular weight is 372 g/mol. The third-order valence-corrected chi connectivity index (χ3v) is 5.29. The number of carbonyl (C=O) groups excluding carboxylic acids is 1. The zero-order chi connectivity index (χ0) is 18.5. The van der Waals surface area contributed by atoms with Crippen LogP contribution in [0.3, 0.4) is 0 Å². The van der Waals surface area contributed by atoms with Crippen molar-refractivity contribution in [1.29, 1.82) is 0 Å². The minimum Gasteiger partial charge on any atom is -0.459 e. The van der Waals surface area contributed by atoms with Crippen molar-refractivity contribution in [2.24, 2.45) is 0 Å². The summed E-state index contributed by atoms with van der Waals surface area (Å²) in [5.74, 6) is -0.446. The fourth-order valence-electron chi connectivity index (χ4n) is 2.69. The van der Waals surface area contributed by atoms with Crippen LogP contribution in [0, 0.1) is 6.92 Å². The topological polar surface area (TPSA) is 70.4 Å².